The lowest BCUT2D eigenvalue weighted by atomic mass is 10.1. The predicted octanol–water partition coefficient (Wildman–Crippen LogP) is 1.77. The molecule has 4 nitrogen and oxygen atoms in total. The van der Waals surface area contributed by atoms with E-state index >= 15 is 0 Å². The molecule has 0 fully saturated rings. The Bertz CT molecular complexity index is 162. The number of hydrogen-bond donors (Lipinski definition) is 3. The molecule has 0 heterocycles. The van der Waals surface area contributed by atoms with Crippen molar-refractivity contribution < 1.29 is 15.0 Å². The molecular weight excluding hydrogens is 206 g/mol. The Morgan fingerprint density at radius 1 is 0.875 bits per heavy atom. The van der Waals surface area contributed by atoms with Gasteiger partial charge >= 0.3 is 5.97 Å². The van der Waals surface area contributed by atoms with Crippen LogP contribution in [-0.2, 0) is 4.79 Å². The number of carboxylic acids is 1. The molecular formula is C12H25NO3. The van der Waals surface area contributed by atoms with Crippen LogP contribution in [0.4, 0.5) is 0 Å². The largest absolute Gasteiger partial charge is 0.481 e. The van der Waals surface area contributed by atoms with E-state index in [2.05, 4.69) is 5.32 Å². The van der Waals surface area contributed by atoms with Crippen molar-refractivity contribution in [2.45, 2.75) is 51.4 Å². The number of carbonyl (C=O) groups is 1. The lowest BCUT2D eigenvalue weighted by molar-refractivity contribution is -0.137. The smallest absolute Gasteiger partial charge is 0.303 e. The number of carboxylic acid groups (broad SMARTS) is 1. The standard InChI is InChI=1S/C12H25NO3/c14-11-7-6-10-13-9-5-3-1-2-4-8-12(15)16/h13-14H,1-11H2,(H,15,16). The monoisotopic (exact) mass is 231 g/mol. The van der Waals surface area contributed by atoms with Gasteiger partial charge in [-0.2, -0.15) is 0 Å². The van der Waals surface area contributed by atoms with Gasteiger partial charge < -0.3 is 15.5 Å². The summed E-state index contributed by atoms with van der Waals surface area (Å²) < 4.78 is 0. The Morgan fingerprint density at radius 2 is 1.44 bits per heavy atom. The van der Waals surface area contributed by atoms with E-state index < -0.39 is 5.97 Å². The molecule has 4 heteroatoms. The zero-order valence-corrected chi connectivity index (χ0v) is 10.1. The minimum absolute atomic E-state index is 0.283. The zero-order chi connectivity index (χ0) is 12.1. The van der Waals surface area contributed by atoms with Crippen LogP contribution in [0.1, 0.15) is 51.4 Å². The van der Waals surface area contributed by atoms with Gasteiger partial charge in [0.15, 0.2) is 0 Å². The van der Waals surface area contributed by atoms with Crippen LogP contribution in [0.2, 0.25) is 0 Å². The summed E-state index contributed by atoms with van der Waals surface area (Å²) in [7, 11) is 0. The molecule has 0 saturated carbocycles. The molecule has 0 aromatic carbocycles. The minimum atomic E-state index is -0.689. The molecule has 0 rings (SSSR count). The molecule has 0 aliphatic rings. The summed E-state index contributed by atoms with van der Waals surface area (Å²) in [6, 6.07) is 0. The Hall–Kier alpha value is -0.610. The molecule has 3 N–H and O–H groups in total. The van der Waals surface area contributed by atoms with Crippen molar-refractivity contribution in [1.82, 2.24) is 5.32 Å². The number of unbranched alkanes of at least 4 members (excludes halogenated alkanes) is 5. The van der Waals surface area contributed by atoms with Crippen LogP contribution in [0.3, 0.4) is 0 Å². The van der Waals surface area contributed by atoms with E-state index in [1.54, 1.807) is 0 Å². The van der Waals surface area contributed by atoms with Crippen LogP contribution in [0.5, 0.6) is 0 Å². The second kappa shape index (κ2) is 12.5. The lowest BCUT2D eigenvalue weighted by Gasteiger charge is -2.03. The van der Waals surface area contributed by atoms with E-state index in [4.69, 9.17) is 10.2 Å². The second-order valence-corrected chi connectivity index (χ2v) is 4.09. The molecule has 96 valence electrons. The van der Waals surface area contributed by atoms with Crippen LogP contribution in [0.15, 0.2) is 0 Å². The predicted molar refractivity (Wildman–Crippen MR) is 64.5 cm³/mol. The van der Waals surface area contributed by atoms with Gasteiger partial charge in [-0.15, -0.1) is 0 Å². The van der Waals surface area contributed by atoms with Gasteiger partial charge in [0, 0.05) is 13.0 Å². The molecule has 0 spiro atoms. The first kappa shape index (κ1) is 15.4. The lowest BCUT2D eigenvalue weighted by Crippen LogP contribution is -2.16. The molecule has 0 aliphatic heterocycles. The van der Waals surface area contributed by atoms with Gasteiger partial charge in [0.05, 0.1) is 0 Å². The fourth-order valence-corrected chi connectivity index (χ4v) is 1.54. The third-order valence-electron chi connectivity index (χ3n) is 2.51. The minimum Gasteiger partial charge on any atom is -0.481 e. The summed E-state index contributed by atoms with van der Waals surface area (Å²) in [6.45, 7) is 2.30. The first-order chi connectivity index (χ1) is 7.77. The van der Waals surface area contributed by atoms with Gasteiger partial charge in [0.25, 0.3) is 0 Å². The number of rotatable bonds is 12. The van der Waals surface area contributed by atoms with E-state index in [1.165, 1.54) is 6.42 Å². The highest BCUT2D eigenvalue weighted by Crippen LogP contribution is 2.04. The van der Waals surface area contributed by atoms with E-state index in [0.29, 0.717) is 6.42 Å². The van der Waals surface area contributed by atoms with Crippen molar-refractivity contribution in [2.75, 3.05) is 19.7 Å². The zero-order valence-electron chi connectivity index (χ0n) is 10.1. The molecule has 0 radical (unpaired) electrons. The molecule has 0 unspecified atom stereocenters. The summed E-state index contributed by atoms with van der Waals surface area (Å²) in [5.74, 6) is -0.689. The van der Waals surface area contributed by atoms with Crippen molar-refractivity contribution in [3.05, 3.63) is 0 Å². The number of aliphatic hydroxyl groups excluding tert-OH is 1. The number of aliphatic hydroxyl groups is 1. The van der Waals surface area contributed by atoms with Crippen LogP contribution in [-0.4, -0.2) is 35.9 Å². The van der Waals surface area contributed by atoms with E-state index in [-0.39, 0.29) is 6.61 Å². The normalized spacial score (nSPS) is 10.6. The van der Waals surface area contributed by atoms with Crippen LogP contribution < -0.4 is 5.32 Å². The Balaban J connectivity index is 2.90. The summed E-state index contributed by atoms with van der Waals surface area (Å²) in [5.41, 5.74) is 0. The van der Waals surface area contributed by atoms with Crippen molar-refractivity contribution in [3.8, 4) is 0 Å². The first-order valence-corrected chi connectivity index (χ1v) is 6.30. The third kappa shape index (κ3) is 13.4. The van der Waals surface area contributed by atoms with Gasteiger partial charge in [-0.3, -0.25) is 4.79 Å². The van der Waals surface area contributed by atoms with Gasteiger partial charge in [-0.1, -0.05) is 19.3 Å². The summed E-state index contributed by atoms with van der Waals surface area (Å²) in [4.78, 5) is 10.2. The Labute approximate surface area is 98.1 Å². The number of hydrogen-bond acceptors (Lipinski definition) is 3. The van der Waals surface area contributed by atoms with Crippen molar-refractivity contribution in [2.24, 2.45) is 0 Å². The van der Waals surface area contributed by atoms with Gasteiger partial charge in [-0.05, 0) is 38.8 Å². The van der Waals surface area contributed by atoms with E-state index in [0.717, 1.165) is 51.6 Å². The van der Waals surface area contributed by atoms with Crippen molar-refractivity contribution >= 4 is 5.97 Å². The van der Waals surface area contributed by atoms with Crippen LogP contribution in [0.25, 0.3) is 0 Å². The first-order valence-electron chi connectivity index (χ1n) is 6.30. The quantitative estimate of drug-likeness (QED) is 0.448. The topological polar surface area (TPSA) is 69.6 Å². The van der Waals surface area contributed by atoms with Gasteiger partial charge in [-0.25, -0.2) is 0 Å². The SMILES string of the molecule is O=C(O)CCCCCCCNCCCCO. The maximum absolute atomic E-state index is 10.2. The van der Waals surface area contributed by atoms with Gasteiger partial charge in [0.2, 0.25) is 0 Å². The molecule has 0 bridgehead atoms. The maximum Gasteiger partial charge on any atom is 0.303 e. The highest BCUT2D eigenvalue weighted by Gasteiger charge is 1.96. The average Bonchev–Trinajstić information content (AvgIpc) is 2.25. The molecule has 0 atom stereocenters. The van der Waals surface area contributed by atoms with Gasteiger partial charge in [0.1, 0.15) is 0 Å². The molecule has 16 heavy (non-hydrogen) atoms. The fraction of sp³-hybridized carbons (Fsp3) is 0.917. The van der Waals surface area contributed by atoms with E-state index in [9.17, 15) is 4.79 Å². The molecule has 0 aromatic rings. The molecule has 0 saturated heterocycles. The fourth-order valence-electron chi connectivity index (χ4n) is 1.54. The summed E-state index contributed by atoms with van der Waals surface area (Å²) >= 11 is 0. The average molecular weight is 231 g/mol. The van der Waals surface area contributed by atoms with Crippen molar-refractivity contribution in [1.29, 1.82) is 0 Å². The highest BCUT2D eigenvalue weighted by atomic mass is 16.4. The highest BCUT2D eigenvalue weighted by molar-refractivity contribution is 5.66. The molecule has 0 aromatic heterocycles. The second-order valence-electron chi connectivity index (χ2n) is 4.09. The third-order valence-corrected chi connectivity index (χ3v) is 2.51. The number of aliphatic carboxylic acids is 1. The summed E-state index contributed by atoms with van der Waals surface area (Å²) in [6.07, 6.45) is 7.51. The number of nitrogens with one attached hydrogen (secondary N) is 1. The maximum atomic E-state index is 10.2. The Morgan fingerprint density at radius 3 is 2.06 bits per heavy atom. The summed E-state index contributed by atoms with van der Waals surface area (Å²) in [5, 5.41) is 20.3. The molecule has 0 aliphatic carbocycles. The van der Waals surface area contributed by atoms with Crippen LogP contribution in [0, 0.1) is 0 Å². The molecule has 0 amide bonds. The Kier molecular flexibility index (Phi) is 12.0. The van der Waals surface area contributed by atoms with Crippen LogP contribution >= 0.6 is 0 Å². The van der Waals surface area contributed by atoms with Crippen molar-refractivity contribution in [3.63, 3.8) is 0 Å². The van der Waals surface area contributed by atoms with E-state index in [1.807, 2.05) is 0 Å².